The van der Waals surface area contributed by atoms with Crippen molar-refractivity contribution in [3.05, 3.63) is 12.3 Å². The lowest BCUT2D eigenvalue weighted by atomic mass is 10.1. The van der Waals surface area contributed by atoms with Crippen LogP contribution in [0.2, 0.25) is 0 Å². The van der Waals surface area contributed by atoms with Gasteiger partial charge >= 0.3 is 0 Å². The van der Waals surface area contributed by atoms with Crippen molar-refractivity contribution < 1.29 is 14.6 Å². The maximum absolute atomic E-state index is 9.77. The second kappa shape index (κ2) is 6.12. The summed E-state index contributed by atoms with van der Waals surface area (Å²) in [7, 11) is 0. The lowest BCUT2D eigenvalue weighted by molar-refractivity contribution is 0.0728. The molecule has 2 aromatic heterocycles. The Kier molecular flexibility index (Phi) is 3.76. The first kappa shape index (κ1) is 15.4. The van der Waals surface area contributed by atoms with Crippen LogP contribution in [-0.2, 0) is 9.47 Å². The van der Waals surface area contributed by atoms with Crippen molar-refractivity contribution in [2.45, 2.75) is 31.0 Å². The highest BCUT2D eigenvalue weighted by molar-refractivity contribution is 5.91. The van der Waals surface area contributed by atoms with E-state index in [1.54, 1.807) is 0 Å². The van der Waals surface area contributed by atoms with Gasteiger partial charge in [0.25, 0.3) is 0 Å². The maximum atomic E-state index is 9.77. The molecule has 134 valence electrons. The number of rotatable bonds is 3. The number of aromatic amines is 1. The minimum absolute atomic E-state index is 0.0384. The minimum Gasteiger partial charge on any atom is -0.394 e. The van der Waals surface area contributed by atoms with Gasteiger partial charge in [-0.2, -0.15) is 5.10 Å². The summed E-state index contributed by atoms with van der Waals surface area (Å²) < 4.78 is 11.3. The summed E-state index contributed by atoms with van der Waals surface area (Å²) in [5.74, 6) is 0.978. The summed E-state index contributed by atoms with van der Waals surface area (Å²) in [5.41, 5.74) is 1.86. The number of pyridine rings is 1. The lowest BCUT2D eigenvalue weighted by Gasteiger charge is -2.39. The topological polar surface area (TPSA) is 86.7 Å². The van der Waals surface area contributed by atoms with Crippen molar-refractivity contribution in [3.63, 3.8) is 0 Å². The molecule has 5 rings (SSSR count). The Bertz CT molecular complexity index is 750. The van der Waals surface area contributed by atoms with E-state index in [9.17, 15) is 5.11 Å². The van der Waals surface area contributed by atoms with Crippen molar-refractivity contribution >= 4 is 22.5 Å². The second-order valence-corrected chi connectivity index (χ2v) is 7.07. The highest BCUT2D eigenvalue weighted by Crippen LogP contribution is 2.37. The standard InChI is InChI=1S/C17H23N5O3/c23-7-13-10-24-4-3-21(13)15-5-16(19-17-14(15)6-18-20-17)22-11-1-2-12(22)9-25-8-11/h5-6,11-13,23H,1-4,7-10H2,(H,18,19,20). The largest absolute Gasteiger partial charge is 0.394 e. The van der Waals surface area contributed by atoms with Gasteiger partial charge in [0.1, 0.15) is 5.82 Å². The molecule has 3 atom stereocenters. The molecule has 2 N–H and O–H groups in total. The van der Waals surface area contributed by atoms with E-state index in [-0.39, 0.29) is 12.6 Å². The van der Waals surface area contributed by atoms with Gasteiger partial charge in [0, 0.05) is 12.6 Å². The average molecular weight is 345 g/mol. The smallest absolute Gasteiger partial charge is 0.159 e. The zero-order valence-corrected chi connectivity index (χ0v) is 14.1. The fourth-order valence-electron chi connectivity index (χ4n) is 4.39. The van der Waals surface area contributed by atoms with Gasteiger partial charge < -0.3 is 24.4 Å². The van der Waals surface area contributed by atoms with Crippen LogP contribution >= 0.6 is 0 Å². The Labute approximate surface area is 145 Å². The summed E-state index contributed by atoms with van der Waals surface area (Å²) in [4.78, 5) is 9.49. The number of aromatic nitrogens is 3. The van der Waals surface area contributed by atoms with Crippen LogP contribution in [0.25, 0.3) is 11.0 Å². The van der Waals surface area contributed by atoms with Gasteiger partial charge in [0.2, 0.25) is 0 Å². The normalized spacial score (nSPS) is 29.6. The van der Waals surface area contributed by atoms with E-state index in [2.05, 4.69) is 26.1 Å². The number of aliphatic hydroxyl groups is 1. The monoisotopic (exact) mass is 345 g/mol. The number of anilines is 2. The number of morpholine rings is 2. The van der Waals surface area contributed by atoms with Crippen molar-refractivity contribution in [3.8, 4) is 0 Å². The third-order valence-electron chi connectivity index (χ3n) is 5.64. The zero-order valence-electron chi connectivity index (χ0n) is 14.1. The molecule has 25 heavy (non-hydrogen) atoms. The van der Waals surface area contributed by atoms with Crippen LogP contribution in [0.15, 0.2) is 12.3 Å². The summed E-state index contributed by atoms with van der Waals surface area (Å²) in [5, 5.41) is 18.0. The Morgan fingerprint density at radius 2 is 2.04 bits per heavy atom. The molecule has 0 amide bonds. The van der Waals surface area contributed by atoms with Crippen molar-refractivity contribution in [2.24, 2.45) is 0 Å². The highest BCUT2D eigenvalue weighted by Gasteiger charge is 2.39. The van der Waals surface area contributed by atoms with E-state index in [1.165, 1.54) is 0 Å². The number of ether oxygens (including phenoxy) is 2. The number of fused-ring (bicyclic) bond motifs is 3. The molecule has 3 aliphatic rings. The first-order valence-electron chi connectivity index (χ1n) is 9.00. The van der Waals surface area contributed by atoms with E-state index in [1.807, 2.05) is 6.20 Å². The molecule has 0 spiro atoms. The highest BCUT2D eigenvalue weighted by atomic mass is 16.5. The van der Waals surface area contributed by atoms with E-state index in [0.717, 1.165) is 55.1 Å². The summed E-state index contributed by atoms with van der Waals surface area (Å²) in [6.07, 6.45) is 4.12. The third kappa shape index (κ3) is 2.47. The minimum atomic E-state index is -0.0384. The molecule has 8 nitrogen and oxygen atoms in total. The Morgan fingerprint density at radius 3 is 2.84 bits per heavy atom. The average Bonchev–Trinajstić information content (AvgIpc) is 3.22. The van der Waals surface area contributed by atoms with Crippen molar-refractivity contribution in [1.82, 2.24) is 15.2 Å². The lowest BCUT2D eigenvalue weighted by Crippen LogP contribution is -2.48. The maximum Gasteiger partial charge on any atom is 0.159 e. The summed E-state index contributed by atoms with van der Waals surface area (Å²) in [6.45, 7) is 3.56. The Balaban J connectivity index is 1.60. The fourth-order valence-corrected chi connectivity index (χ4v) is 4.39. The van der Waals surface area contributed by atoms with E-state index < -0.39 is 0 Å². The number of hydrogen-bond donors (Lipinski definition) is 2. The molecule has 3 aliphatic heterocycles. The predicted molar refractivity (Wildman–Crippen MR) is 93.0 cm³/mol. The predicted octanol–water partition coefficient (Wildman–Crippen LogP) is 0.523. The molecule has 2 bridgehead atoms. The van der Waals surface area contributed by atoms with Gasteiger partial charge in [0.05, 0.1) is 68.4 Å². The number of nitrogens with one attached hydrogen (secondary N) is 1. The van der Waals surface area contributed by atoms with E-state index >= 15 is 0 Å². The Morgan fingerprint density at radius 1 is 1.20 bits per heavy atom. The third-order valence-corrected chi connectivity index (χ3v) is 5.64. The quantitative estimate of drug-likeness (QED) is 0.839. The molecular weight excluding hydrogens is 322 g/mol. The summed E-state index contributed by atoms with van der Waals surface area (Å²) in [6, 6.07) is 2.92. The molecule has 3 fully saturated rings. The zero-order chi connectivity index (χ0) is 16.8. The molecule has 5 heterocycles. The SMILES string of the molecule is OCC1COCCN1c1cc(N2C3CCC2COC3)nc2[nH]ncc12. The van der Waals surface area contributed by atoms with Gasteiger partial charge in [-0.15, -0.1) is 0 Å². The fraction of sp³-hybridized carbons (Fsp3) is 0.647. The van der Waals surface area contributed by atoms with Gasteiger partial charge in [-0.1, -0.05) is 0 Å². The molecule has 2 aromatic rings. The van der Waals surface area contributed by atoms with Crippen molar-refractivity contribution in [1.29, 1.82) is 0 Å². The molecular formula is C17H23N5O3. The molecule has 8 heteroatoms. The molecule has 0 saturated carbocycles. The van der Waals surface area contributed by atoms with Crippen LogP contribution in [0, 0.1) is 0 Å². The van der Waals surface area contributed by atoms with Gasteiger partial charge in [-0.05, 0) is 12.8 Å². The molecule has 0 radical (unpaired) electrons. The van der Waals surface area contributed by atoms with Gasteiger partial charge in [-0.3, -0.25) is 5.10 Å². The van der Waals surface area contributed by atoms with E-state index in [0.29, 0.717) is 25.3 Å². The van der Waals surface area contributed by atoms with Crippen molar-refractivity contribution in [2.75, 3.05) is 49.4 Å². The number of H-pyrrole nitrogens is 1. The summed E-state index contributed by atoms with van der Waals surface area (Å²) >= 11 is 0. The van der Waals surface area contributed by atoms with Crippen LogP contribution in [0.3, 0.4) is 0 Å². The Hall–Kier alpha value is -1.90. The molecule has 0 aliphatic carbocycles. The van der Waals surface area contributed by atoms with Crippen LogP contribution in [-0.4, -0.2) is 78.0 Å². The number of aliphatic hydroxyl groups excluding tert-OH is 1. The van der Waals surface area contributed by atoms with Gasteiger partial charge in [0.15, 0.2) is 5.65 Å². The number of hydrogen-bond acceptors (Lipinski definition) is 7. The van der Waals surface area contributed by atoms with E-state index in [4.69, 9.17) is 14.5 Å². The number of nitrogens with zero attached hydrogens (tertiary/aromatic N) is 4. The first-order chi connectivity index (χ1) is 12.3. The van der Waals surface area contributed by atoms with Gasteiger partial charge in [-0.25, -0.2) is 4.98 Å². The van der Waals surface area contributed by atoms with Crippen LogP contribution in [0.4, 0.5) is 11.5 Å². The molecule has 3 saturated heterocycles. The first-order valence-corrected chi connectivity index (χ1v) is 9.00. The van der Waals surface area contributed by atoms with Crippen LogP contribution in [0.5, 0.6) is 0 Å². The second-order valence-electron chi connectivity index (χ2n) is 7.07. The van der Waals surface area contributed by atoms with Crippen LogP contribution in [0.1, 0.15) is 12.8 Å². The molecule has 0 aromatic carbocycles. The molecule has 3 unspecified atom stereocenters. The van der Waals surface area contributed by atoms with Crippen LogP contribution < -0.4 is 9.80 Å².